The second-order valence-electron chi connectivity index (χ2n) is 3.90. The van der Waals surface area contributed by atoms with E-state index in [0.717, 1.165) is 6.20 Å². The molecule has 1 heterocycles. The average molecular weight is 338 g/mol. The Morgan fingerprint density at radius 3 is 2.75 bits per heavy atom. The number of benzene rings is 1. The van der Waals surface area contributed by atoms with Gasteiger partial charge in [0, 0.05) is 11.1 Å². The van der Waals surface area contributed by atoms with E-state index in [-0.39, 0.29) is 16.7 Å². The largest absolute Gasteiger partial charge is 0.465 e. The van der Waals surface area contributed by atoms with Crippen molar-refractivity contribution in [2.75, 3.05) is 7.11 Å². The summed E-state index contributed by atoms with van der Waals surface area (Å²) < 4.78 is 18.8. The van der Waals surface area contributed by atoms with E-state index in [1.807, 2.05) is 0 Å². The first-order valence-corrected chi connectivity index (χ1v) is 6.35. The number of carbonyl (C=O) groups is 2. The summed E-state index contributed by atoms with van der Waals surface area (Å²) in [6.07, 6.45) is 1.62. The number of pyridine rings is 1. The molecule has 0 aliphatic carbocycles. The quantitative estimate of drug-likeness (QED) is 0.490. The summed E-state index contributed by atoms with van der Waals surface area (Å²) in [6.45, 7) is 0. The monoisotopic (exact) mass is 337 g/mol. The summed E-state index contributed by atoms with van der Waals surface area (Å²) in [5.41, 5.74) is 1.04. The molecule has 0 N–H and O–H groups in total. The number of hydrogen-bond donors (Lipinski definition) is 0. The highest BCUT2D eigenvalue weighted by Gasteiger charge is 2.14. The first-order valence-electron chi connectivity index (χ1n) is 5.55. The topological polar surface area (TPSA) is 56.3 Å². The smallest absolute Gasteiger partial charge is 0.337 e. The summed E-state index contributed by atoms with van der Waals surface area (Å²) in [5, 5.41) is 0. The summed E-state index contributed by atoms with van der Waals surface area (Å²) in [7, 11) is 1.25. The van der Waals surface area contributed by atoms with Crippen LogP contribution in [0.1, 0.15) is 20.7 Å². The van der Waals surface area contributed by atoms with Crippen molar-refractivity contribution >= 4 is 28.2 Å². The van der Waals surface area contributed by atoms with Crippen LogP contribution in [-0.4, -0.2) is 24.3 Å². The number of rotatable bonds is 3. The Hall–Kier alpha value is -2.08. The Morgan fingerprint density at radius 1 is 1.35 bits per heavy atom. The third-order valence-electron chi connectivity index (χ3n) is 2.71. The molecular formula is C14H9BrFNO3. The Kier molecular flexibility index (Phi) is 4.24. The van der Waals surface area contributed by atoms with Crippen LogP contribution in [0.3, 0.4) is 0 Å². The van der Waals surface area contributed by atoms with Crippen LogP contribution in [0.25, 0.3) is 11.1 Å². The van der Waals surface area contributed by atoms with Crippen LogP contribution in [0.2, 0.25) is 0 Å². The predicted molar refractivity (Wildman–Crippen MR) is 74.1 cm³/mol. The van der Waals surface area contributed by atoms with Gasteiger partial charge in [-0.1, -0.05) is 6.07 Å². The van der Waals surface area contributed by atoms with Gasteiger partial charge in [-0.25, -0.2) is 14.2 Å². The lowest BCUT2D eigenvalue weighted by Gasteiger charge is -2.08. The van der Waals surface area contributed by atoms with Crippen LogP contribution in [0.5, 0.6) is 0 Å². The molecule has 0 radical (unpaired) electrons. The Labute approximate surface area is 122 Å². The Balaban J connectivity index is 2.60. The van der Waals surface area contributed by atoms with Gasteiger partial charge in [0.05, 0.1) is 18.9 Å². The van der Waals surface area contributed by atoms with Crippen molar-refractivity contribution in [3.63, 3.8) is 0 Å². The highest BCUT2D eigenvalue weighted by Crippen LogP contribution is 2.28. The van der Waals surface area contributed by atoms with Gasteiger partial charge in [-0.15, -0.1) is 0 Å². The van der Waals surface area contributed by atoms with E-state index in [4.69, 9.17) is 0 Å². The fourth-order valence-corrected chi connectivity index (χ4v) is 2.10. The van der Waals surface area contributed by atoms with Crippen molar-refractivity contribution in [1.29, 1.82) is 0 Å². The molecule has 0 saturated carbocycles. The van der Waals surface area contributed by atoms with Gasteiger partial charge in [-0.3, -0.25) is 4.79 Å². The maximum Gasteiger partial charge on any atom is 0.337 e. The number of hydrogen-bond acceptors (Lipinski definition) is 4. The molecule has 0 aliphatic rings. The Bertz CT molecular complexity index is 688. The molecule has 0 saturated heterocycles. The summed E-state index contributed by atoms with van der Waals surface area (Å²) in [4.78, 5) is 26.3. The van der Waals surface area contributed by atoms with Crippen LogP contribution >= 0.6 is 15.9 Å². The molecule has 1 aromatic carbocycles. The fourth-order valence-electron chi connectivity index (χ4n) is 1.77. The van der Waals surface area contributed by atoms with Crippen LogP contribution in [0, 0.1) is 5.82 Å². The predicted octanol–water partition coefficient (Wildman–Crippen LogP) is 3.25. The zero-order valence-corrected chi connectivity index (χ0v) is 12.0. The van der Waals surface area contributed by atoms with Gasteiger partial charge >= 0.3 is 5.97 Å². The third-order valence-corrected chi connectivity index (χ3v) is 3.15. The van der Waals surface area contributed by atoms with Crippen LogP contribution < -0.4 is 0 Å². The minimum Gasteiger partial charge on any atom is -0.465 e. The van der Waals surface area contributed by atoms with E-state index in [1.165, 1.54) is 31.4 Å². The normalized spacial score (nSPS) is 10.2. The number of halogens is 2. The molecule has 0 unspecified atom stereocenters. The SMILES string of the molecule is COC(=O)c1ccc(-c2cc(Br)ncc2F)c(C=O)c1. The molecule has 0 spiro atoms. The highest BCUT2D eigenvalue weighted by molar-refractivity contribution is 9.10. The summed E-state index contributed by atoms with van der Waals surface area (Å²) in [5.74, 6) is -1.11. The third kappa shape index (κ3) is 2.75. The molecule has 0 bridgehead atoms. The molecule has 1 aromatic heterocycles. The molecule has 4 nitrogen and oxygen atoms in total. The Morgan fingerprint density at radius 2 is 2.10 bits per heavy atom. The first kappa shape index (κ1) is 14.3. The average Bonchev–Trinajstić information content (AvgIpc) is 2.48. The van der Waals surface area contributed by atoms with Gasteiger partial charge in [0.25, 0.3) is 0 Å². The van der Waals surface area contributed by atoms with Gasteiger partial charge in [-0.05, 0) is 39.7 Å². The van der Waals surface area contributed by atoms with Gasteiger partial charge in [0.2, 0.25) is 0 Å². The number of aromatic nitrogens is 1. The highest BCUT2D eigenvalue weighted by atomic mass is 79.9. The number of nitrogens with zero attached hydrogens (tertiary/aromatic N) is 1. The minimum absolute atomic E-state index is 0.199. The molecule has 20 heavy (non-hydrogen) atoms. The van der Waals surface area contributed by atoms with Gasteiger partial charge in [0.15, 0.2) is 6.29 Å². The molecule has 2 rings (SSSR count). The molecule has 0 aliphatic heterocycles. The van der Waals surface area contributed by atoms with Gasteiger partial charge in [-0.2, -0.15) is 0 Å². The van der Waals surface area contributed by atoms with Crippen LogP contribution in [0.4, 0.5) is 4.39 Å². The van der Waals surface area contributed by atoms with E-state index in [9.17, 15) is 14.0 Å². The van der Waals surface area contributed by atoms with E-state index >= 15 is 0 Å². The second-order valence-corrected chi connectivity index (χ2v) is 4.71. The molecule has 102 valence electrons. The zero-order valence-electron chi connectivity index (χ0n) is 10.4. The van der Waals surface area contributed by atoms with E-state index in [2.05, 4.69) is 25.7 Å². The van der Waals surface area contributed by atoms with Crippen LogP contribution in [-0.2, 0) is 4.74 Å². The fraction of sp³-hybridized carbons (Fsp3) is 0.0714. The molecule has 0 atom stereocenters. The molecule has 6 heteroatoms. The number of esters is 1. The second kappa shape index (κ2) is 5.92. The molecule has 0 fully saturated rings. The lowest BCUT2D eigenvalue weighted by Crippen LogP contribution is -2.03. The van der Waals surface area contributed by atoms with E-state index in [1.54, 1.807) is 0 Å². The van der Waals surface area contributed by atoms with Crippen molar-refractivity contribution in [1.82, 2.24) is 4.98 Å². The lowest BCUT2D eigenvalue weighted by atomic mass is 9.98. The number of ether oxygens (including phenoxy) is 1. The van der Waals surface area contributed by atoms with Gasteiger partial charge in [0.1, 0.15) is 10.4 Å². The zero-order chi connectivity index (χ0) is 14.7. The van der Waals surface area contributed by atoms with Gasteiger partial charge < -0.3 is 4.74 Å². The number of aldehydes is 1. The first-order chi connectivity index (χ1) is 9.56. The minimum atomic E-state index is -0.559. The molecule has 2 aromatic rings. The van der Waals surface area contributed by atoms with Crippen molar-refractivity contribution in [2.24, 2.45) is 0 Å². The van der Waals surface area contributed by atoms with Crippen LogP contribution in [0.15, 0.2) is 35.1 Å². The standard InChI is InChI=1S/C14H9BrFNO3/c1-20-14(19)8-2-3-10(9(4-8)7-18)11-5-13(15)17-6-12(11)16/h2-7H,1H3. The molecular weight excluding hydrogens is 329 g/mol. The molecule has 0 amide bonds. The number of carbonyl (C=O) groups excluding carboxylic acids is 2. The lowest BCUT2D eigenvalue weighted by molar-refractivity contribution is 0.0600. The van der Waals surface area contributed by atoms with Crippen molar-refractivity contribution in [2.45, 2.75) is 0 Å². The van der Waals surface area contributed by atoms with E-state index in [0.29, 0.717) is 16.5 Å². The summed E-state index contributed by atoms with van der Waals surface area (Å²) >= 11 is 3.15. The summed E-state index contributed by atoms with van der Waals surface area (Å²) in [6, 6.07) is 5.81. The van der Waals surface area contributed by atoms with Crippen molar-refractivity contribution in [3.8, 4) is 11.1 Å². The van der Waals surface area contributed by atoms with Crippen molar-refractivity contribution in [3.05, 3.63) is 52.0 Å². The maximum atomic E-state index is 13.8. The van der Waals surface area contributed by atoms with Crippen molar-refractivity contribution < 1.29 is 18.7 Å². The maximum absolute atomic E-state index is 13.8. The van der Waals surface area contributed by atoms with E-state index < -0.39 is 11.8 Å². The number of methoxy groups -OCH3 is 1.